The Bertz CT molecular complexity index is 1180. The average Bonchev–Trinajstić information content (AvgIpc) is 2.85. The summed E-state index contributed by atoms with van der Waals surface area (Å²) >= 11 is 0. The number of rotatable bonds is 10. The molecule has 0 spiro atoms. The second-order valence-corrected chi connectivity index (χ2v) is 10.3. The van der Waals surface area contributed by atoms with Crippen LogP contribution >= 0.6 is 0 Å². The third kappa shape index (κ3) is 10.8. The van der Waals surface area contributed by atoms with Crippen molar-refractivity contribution in [3.63, 3.8) is 0 Å². The number of ether oxygens (including phenoxy) is 2. The number of hydrogen-bond acceptors (Lipinski definition) is 8. The molecule has 0 atom stereocenters. The summed E-state index contributed by atoms with van der Waals surface area (Å²) in [5.74, 6) is 0.0390. The molecule has 0 unspecified atom stereocenters. The predicted octanol–water partition coefficient (Wildman–Crippen LogP) is -0.0628. The van der Waals surface area contributed by atoms with Crippen molar-refractivity contribution in [1.82, 2.24) is 4.90 Å². The highest BCUT2D eigenvalue weighted by atomic mass is 35.5. The van der Waals surface area contributed by atoms with Crippen LogP contribution < -0.4 is 27.5 Å². The Morgan fingerprint density at radius 1 is 0.925 bits per heavy atom. The van der Waals surface area contributed by atoms with Gasteiger partial charge in [0.2, 0.25) is 0 Å². The van der Waals surface area contributed by atoms with Crippen molar-refractivity contribution in [1.29, 1.82) is 0 Å². The minimum Gasteiger partial charge on any atom is -1.00 e. The van der Waals surface area contributed by atoms with Gasteiger partial charge < -0.3 is 26.8 Å². The fourth-order valence-corrected chi connectivity index (χ4v) is 3.45. The first-order valence-electron chi connectivity index (χ1n) is 12.4. The first-order chi connectivity index (χ1) is 18.2. The molecule has 0 aliphatic heterocycles. The van der Waals surface area contributed by atoms with Crippen LogP contribution in [-0.2, 0) is 27.3 Å². The Hall–Kier alpha value is -3.74. The van der Waals surface area contributed by atoms with E-state index in [1.165, 1.54) is 30.1 Å². The van der Waals surface area contributed by atoms with Crippen molar-refractivity contribution >= 4 is 35.2 Å². The van der Waals surface area contributed by atoms with Gasteiger partial charge in [-0.3, -0.25) is 25.2 Å². The minimum atomic E-state index is -0.782. The second-order valence-electron chi connectivity index (χ2n) is 10.3. The molecule has 2 N–H and O–H groups in total. The van der Waals surface area contributed by atoms with Crippen LogP contribution in [0.4, 0.5) is 26.7 Å². The molecule has 2 rings (SSSR count). The van der Waals surface area contributed by atoms with Crippen molar-refractivity contribution in [2.75, 3.05) is 51.1 Å². The summed E-state index contributed by atoms with van der Waals surface area (Å²) in [6, 6.07) is 11.1. The lowest BCUT2D eigenvalue weighted by molar-refractivity contribution is -0.568. The summed E-state index contributed by atoms with van der Waals surface area (Å²) in [5, 5.41) is 13.2. The number of hydrogen-bond donors (Lipinski definition) is 1. The summed E-state index contributed by atoms with van der Waals surface area (Å²) in [7, 11) is 6.83. The molecule has 2 aromatic carbocycles. The molecule has 0 aliphatic rings. The van der Waals surface area contributed by atoms with E-state index in [1.807, 2.05) is 19.0 Å². The van der Waals surface area contributed by atoms with Crippen LogP contribution in [0.1, 0.15) is 31.9 Å². The normalized spacial score (nSPS) is 10.9. The molecule has 0 fully saturated rings. The van der Waals surface area contributed by atoms with Crippen LogP contribution in [0.3, 0.4) is 0 Å². The number of benzene rings is 2. The molecule has 0 heterocycles. The van der Waals surface area contributed by atoms with Crippen LogP contribution in [0.15, 0.2) is 42.5 Å². The third-order valence-corrected chi connectivity index (χ3v) is 5.55. The van der Waals surface area contributed by atoms with Crippen molar-refractivity contribution in [2.24, 2.45) is 0 Å². The van der Waals surface area contributed by atoms with Crippen LogP contribution in [0.2, 0.25) is 0 Å². The quantitative estimate of drug-likeness (QED) is 0.305. The van der Waals surface area contributed by atoms with E-state index in [1.54, 1.807) is 57.4 Å². The zero-order valence-electron chi connectivity index (χ0n) is 24.0. The maximum Gasteiger partial charge on any atom is 0.414 e. The Kier molecular flexibility index (Phi) is 13.0. The zero-order chi connectivity index (χ0) is 29.3. The molecule has 0 aliphatic carbocycles. The van der Waals surface area contributed by atoms with Gasteiger partial charge in [0.05, 0.1) is 17.9 Å². The Labute approximate surface area is 240 Å². The van der Waals surface area contributed by atoms with E-state index >= 15 is 0 Å². The highest BCUT2D eigenvalue weighted by molar-refractivity contribution is 5.90. The summed E-state index contributed by atoms with van der Waals surface area (Å²) < 4.78 is 10.7. The number of nitro benzene ring substituents is 1. The number of carbonyl (C=O) groups excluding carboxylic acids is 3. The zero-order valence-corrected chi connectivity index (χ0v) is 24.7. The number of nitrogens with two attached hydrogens (primary N) is 1. The van der Waals surface area contributed by atoms with Gasteiger partial charge in [0, 0.05) is 32.4 Å². The van der Waals surface area contributed by atoms with Crippen LogP contribution in [0.25, 0.3) is 0 Å². The molecule has 13 heteroatoms. The van der Waals surface area contributed by atoms with Crippen molar-refractivity contribution in [2.45, 2.75) is 39.4 Å². The van der Waals surface area contributed by atoms with E-state index in [4.69, 9.17) is 9.47 Å². The smallest absolute Gasteiger partial charge is 0.414 e. The van der Waals surface area contributed by atoms with E-state index < -0.39 is 22.7 Å². The lowest BCUT2D eigenvalue weighted by Gasteiger charge is -2.24. The third-order valence-electron chi connectivity index (χ3n) is 5.55. The molecular weight excluding hydrogens is 542 g/mol. The highest BCUT2D eigenvalue weighted by Crippen LogP contribution is 2.30. The van der Waals surface area contributed by atoms with E-state index in [0.29, 0.717) is 17.8 Å². The first kappa shape index (κ1) is 34.3. The number of halogens is 1. The number of quaternary nitrogens is 1. The van der Waals surface area contributed by atoms with Gasteiger partial charge in [-0.15, -0.1) is 0 Å². The van der Waals surface area contributed by atoms with Crippen LogP contribution in [-0.4, -0.2) is 74.8 Å². The van der Waals surface area contributed by atoms with Gasteiger partial charge in [0.25, 0.3) is 5.69 Å². The number of anilines is 2. The number of nitro groups is 1. The molecule has 3 amide bonds. The summed E-state index contributed by atoms with van der Waals surface area (Å²) in [6.07, 6.45) is -1.12. The summed E-state index contributed by atoms with van der Waals surface area (Å²) in [4.78, 5) is 52.6. The summed E-state index contributed by atoms with van der Waals surface area (Å²) in [5.41, 5.74) is 0.799. The molecule has 0 aromatic heterocycles. The maximum atomic E-state index is 12.7. The molecule has 220 valence electrons. The van der Waals surface area contributed by atoms with Crippen molar-refractivity contribution in [3.05, 3.63) is 63.7 Å². The molecule has 0 saturated carbocycles. The molecule has 12 nitrogen and oxygen atoms in total. The molecule has 2 aromatic rings. The van der Waals surface area contributed by atoms with Crippen molar-refractivity contribution < 1.29 is 46.5 Å². The monoisotopic (exact) mass is 579 g/mol. The number of primary amides is 1. The molecule has 0 radical (unpaired) electrons. The largest absolute Gasteiger partial charge is 1.00 e. The Morgan fingerprint density at radius 2 is 1.52 bits per heavy atom. The van der Waals surface area contributed by atoms with Gasteiger partial charge in [-0.25, -0.2) is 14.4 Å². The van der Waals surface area contributed by atoms with E-state index in [0.717, 1.165) is 17.0 Å². The molecule has 0 saturated heterocycles. The highest BCUT2D eigenvalue weighted by Gasteiger charge is 2.26. The van der Waals surface area contributed by atoms with Gasteiger partial charge in [-0.05, 0) is 70.3 Å². The lowest BCUT2D eigenvalue weighted by Crippen LogP contribution is -3.00. The summed E-state index contributed by atoms with van der Waals surface area (Å²) in [6.45, 7) is 6.40. The van der Waals surface area contributed by atoms with Crippen LogP contribution in [0, 0.1) is 10.1 Å². The SMILES string of the molecule is CN(C)CC[NH2+]C(=O)Cc1ccc(N(C)C(=O)OCc2ccc([N+](=O)[O-])c(N(C)C(=O)OC(C)(C)C)c2)cc1.[Cl-]. The Balaban J connectivity index is 0.00000800. The standard InChI is InChI=1S/C27H37N5O7.ClH/c1-27(2,3)39-26(35)31(7)23-16-20(10-13-22(23)32(36)37)18-38-25(34)30(6)21-11-8-19(9-12-21)17-24(33)28-14-15-29(4)5;/h8-13,16H,14-15,17-18H2,1-7H3,(H,28,33);1H. The number of amides is 3. The van der Waals surface area contributed by atoms with Gasteiger partial charge in [0.15, 0.2) is 0 Å². The lowest BCUT2D eigenvalue weighted by atomic mass is 10.1. The van der Waals surface area contributed by atoms with E-state index in [-0.39, 0.29) is 42.7 Å². The van der Waals surface area contributed by atoms with Gasteiger partial charge in [0.1, 0.15) is 17.9 Å². The topological polar surface area (TPSA) is 139 Å². The van der Waals surface area contributed by atoms with Gasteiger partial charge >= 0.3 is 18.1 Å². The number of carbonyl (C=O) groups is 3. The second kappa shape index (κ2) is 15.2. The fraction of sp³-hybridized carbons (Fsp3) is 0.444. The average molecular weight is 580 g/mol. The fourth-order valence-electron chi connectivity index (χ4n) is 3.45. The van der Waals surface area contributed by atoms with Crippen molar-refractivity contribution in [3.8, 4) is 0 Å². The van der Waals surface area contributed by atoms with Gasteiger partial charge in [-0.2, -0.15) is 0 Å². The maximum absolute atomic E-state index is 12.7. The van der Waals surface area contributed by atoms with E-state index in [2.05, 4.69) is 0 Å². The molecule has 0 bridgehead atoms. The molecule has 40 heavy (non-hydrogen) atoms. The molecular formula is C27H38ClN5O7. The number of nitrogens with zero attached hydrogens (tertiary/aromatic N) is 4. The van der Waals surface area contributed by atoms with Gasteiger partial charge in [-0.1, -0.05) is 12.1 Å². The van der Waals surface area contributed by atoms with E-state index in [9.17, 15) is 24.5 Å². The predicted molar refractivity (Wildman–Crippen MR) is 147 cm³/mol. The first-order valence-corrected chi connectivity index (χ1v) is 12.4. The Morgan fingerprint density at radius 3 is 2.08 bits per heavy atom. The number of likely N-dealkylation sites (N-methyl/N-ethyl adjacent to an activating group) is 1. The minimum absolute atomic E-state index is 0. The van der Waals surface area contributed by atoms with Crippen LogP contribution in [0.5, 0.6) is 0 Å².